The highest BCUT2D eigenvalue weighted by atomic mass is 79.9. The highest BCUT2D eigenvalue weighted by molar-refractivity contribution is 9.10. The van der Waals surface area contributed by atoms with Gasteiger partial charge in [0.2, 0.25) is 5.91 Å². The number of carbonyl (C=O) groups is 1. The van der Waals surface area contributed by atoms with Crippen LogP contribution in [0.2, 0.25) is 0 Å². The minimum Gasteiger partial charge on any atom is -0.358 e. The van der Waals surface area contributed by atoms with Crippen LogP contribution in [0.5, 0.6) is 0 Å². The second-order valence-corrected chi connectivity index (χ2v) is 4.39. The van der Waals surface area contributed by atoms with Crippen molar-refractivity contribution in [3.05, 3.63) is 23.2 Å². The number of hydrogen-bond donors (Lipinski definition) is 1. The third-order valence-electron chi connectivity index (χ3n) is 2.35. The zero-order valence-corrected chi connectivity index (χ0v) is 11.1. The fourth-order valence-corrected chi connectivity index (χ4v) is 1.90. The van der Waals surface area contributed by atoms with Gasteiger partial charge in [-0.1, -0.05) is 0 Å². The summed E-state index contributed by atoms with van der Waals surface area (Å²) in [7, 11) is 3.41. The zero-order valence-electron chi connectivity index (χ0n) is 9.51. The molecule has 6 nitrogen and oxygen atoms in total. The molecule has 0 spiro atoms. The van der Waals surface area contributed by atoms with Gasteiger partial charge in [-0.15, -0.1) is 0 Å². The van der Waals surface area contributed by atoms with E-state index in [4.69, 9.17) is 0 Å². The average molecular weight is 298 g/mol. The molecule has 0 aliphatic rings. The summed E-state index contributed by atoms with van der Waals surface area (Å²) in [5.74, 6) is 0.590. The number of halogens is 1. The van der Waals surface area contributed by atoms with E-state index in [2.05, 4.69) is 31.2 Å². The number of nitrogens with one attached hydrogen (secondary N) is 1. The predicted octanol–water partition coefficient (Wildman–Crippen LogP) is 0.674. The number of fused-ring (bicyclic) bond motifs is 1. The molecular weight excluding hydrogens is 286 g/mol. The van der Waals surface area contributed by atoms with E-state index >= 15 is 0 Å². The van der Waals surface area contributed by atoms with Crippen molar-refractivity contribution in [3.8, 4) is 0 Å². The maximum absolute atomic E-state index is 11.3. The van der Waals surface area contributed by atoms with Crippen molar-refractivity contribution in [1.29, 1.82) is 0 Å². The van der Waals surface area contributed by atoms with E-state index in [1.807, 2.05) is 16.8 Å². The first-order chi connectivity index (χ1) is 8.11. The zero-order chi connectivity index (χ0) is 12.4. The Morgan fingerprint density at radius 1 is 1.65 bits per heavy atom. The third-order valence-corrected chi connectivity index (χ3v) is 2.73. The SMILES string of the molecule is CNC(=O)CN(C)c1nc(Br)cn2ccnc12. The Morgan fingerprint density at radius 3 is 3.12 bits per heavy atom. The van der Waals surface area contributed by atoms with Crippen molar-refractivity contribution in [1.82, 2.24) is 19.7 Å². The lowest BCUT2D eigenvalue weighted by atomic mass is 10.4. The first-order valence-electron chi connectivity index (χ1n) is 5.02. The molecule has 0 saturated carbocycles. The van der Waals surface area contributed by atoms with E-state index in [-0.39, 0.29) is 12.5 Å². The summed E-state index contributed by atoms with van der Waals surface area (Å²) in [4.78, 5) is 21.7. The minimum atomic E-state index is -0.0704. The van der Waals surface area contributed by atoms with Crippen LogP contribution in [0.25, 0.3) is 5.65 Å². The van der Waals surface area contributed by atoms with Crippen LogP contribution in [-0.2, 0) is 4.79 Å². The van der Waals surface area contributed by atoms with E-state index < -0.39 is 0 Å². The second kappa shape index (κ2) is 4.70. The van der Waals surface area contributed by atoms with Crippen LogP contribution in [-0.4, -0.2) is 40.9 Å². The van der Waals surface area contributed by atoms with Gasteiger partial charge in [-0.2, -0.15) is 0 Å². The van der Waals surface area contributed by atoms with Crippen LogP contribution in [0.4, 0.5) is 5.82 Å². The highest BCUT2D eigenvalue weighted by Crippen LogP contribution is 2.19. The molecule has 1 N–H and O–H groups in total. The van der Waals surface area contributed by atoms with Gasteiger partial charge < -0.3 is 14.6 Å². The summed E-state index contributed by atoms with van der Waals surface area (Å²) >= 11 is 3.33. The van der Waals surface area contributed by atoms with E-state index in [9.17, 15) is 4.79 Å². The van der Waals surface area contributed by atoms with Crippen molar-refractivity contribution in [2.75, 3.05) is 25.5 Å². The van der Waals surface area contributed by atoms with Crippen LogP contribution in [0, 0.1) is 0 Å². The third kappa shape index (κ3) is 2.38. The molecule has 0 aliphatic heterocycles. The number of carbonyl (C=O) groups excluding carboxylic acids is 1. The number of aromatic nitrogens is 3. The summed E-state index contributed by atoms with van der Waals surface area (Å²) < 4.78 is 2.55. The molecule has 17 heavy (non-hydrogen) atoms. The first-order valence-corrected chi connectivity index (χ1v) is 5.82. The lowest BCUT2D eigenvalue weighted by Crippen LogP contribution is -2.33. The van der Waals surface area contributed by atoms with Gasteiger partial charge in [0, 0.05) is 32.7 Å². The van der Waals surface area contributed by atoms with Crippen LogP contribution in [0.1, 0.15) is 0 Å². The molecule has 2 rings (SSSR count). The Morgan fingerprint density at radius 2 is 2.41 bits per heavy atom. The summed E-state index contributed by atoms with van der Waals surface area (Å²) in [5, 5.41) is 2.57. The number of imidazole rings is 1. The fourth-order valence-electron chi connectivity index (χ4n) is 1.51. The Balaban J connectivity index is 2.39. The normalized spacial score (nSPS) is 10.5. The molecule has 90 valence electrons. The molecule has 1 amide bonds. The Bertz CT molecular complexity index is 553. The quantitative estimate of drug-likeness (QED) is 0.905. The molecule has 0 saturated heterocycles. The van der Waals surface area contributed by atoms with Gasteiger partial charge in [-0.05, 0) is 15.9 Å². The van der Waals surface area contributed by atoms with Crippen molar-refractivity contribution >= 4 is 33.3 Å². The lowest BCUT2D eigenvalue weighted by Gasteiger charge is -2.17. The number of amides is 1. The molecule has 0 bridgehead atoms. The summed E-state index contributed by atoms with van der Waals surface area (Å²) in [6, 6.07) is 0. The summed E-state index contributed by atoms with van der Waals surface area (Å²) in [5.41, 5.74) is 0.722. The molecule has 0 aliphatic carbocycles. The minimum absolute atomic E-state index is 0.0704. The van der Waals surface area contributed by atoms with E-state index in [0.29, 0.717) is 10.4 Å². The van der Waals surface area contributed by atoms with Crippen molar-refractivity contribution in [2.45, 2.75) is 0 Å². The summed E-state index contributed by atoms with van der Waals surface area (Å²) in [6.45, 7) is 0.239. The van der Waals surface area contributed by atoms with Gasteiger partial charge in [-0.3, -0.25) is 4.79 Å². The van der Waals surface area contributed by atoms with Gasteiger partial charge in [-0.25, -0.2) is 9.97 Å². The van der Waals surface area contributed by atoms with Crippen molar-refractivity contribution in [2.24, 2.45) is 0 Å². The molecule has 0 aromatic carbocycles. The Labute approximate surface area is 107 Å². The lowest BCUT2D eigenvalue weighted by molar-refractivity contribution is -0.119. The fraction of sp³-hybridized carbons (Fsp3) is 0.300. The molecule has 0 unspecified atom stereocenters. The number of nitrogens with zero attached hydrogens (tertiary/aromatic N) is 4. The van der Waals surface area contributed by atoms with Crippen molar-refractivity contribution in [3.63, 3.8) is 0 Å². The molecule has 0 atom stereocenters. The predicted molar refractivity (Wildman–Crippen MR) is 68.0 cm³/mol. The van der Waals surface area contributed by atoms with Gasteiger partial charge in [0.1, 0.15) is 4.60 Å². The van der Waals surface area contributed by atoms with E-state index in [1.54, 1.807) is 25.2 Å². The van der Waals surface area contributed by atoms with Gasteiger partial charge in [0.05, 0.1) is 6.54 Å². The van der Waals surface area contributed by atoms with Gasteiger partial charge >= 0.3 is 0 Å². The maximum atomic E-state index is 11.3. The Hall–Kier alpha value is -1.63. The van der Waals surface area contributed by atoms with Crippen LogP contribution in [0.3, 0.4) is 0 Å². The molecular formula is C10H12BrN5O. The second-order valence-electron chi connectivity index (χ2n) is 3.57. The van der Waals surface area contributed by atoms with Crippen LogP contribution in [0.15, 0.2) is 23.2 Å². The van der Waals surface area contributed by atoms with E-state index in [1.165, 1.54) is 0 Å². The molecule has 0 fully saturated rings. The number of likely N-dealkylation sites (N-methyl/N-ethyl adjacent to an activating group) is 2. The van der Waals surface area contributed by atoms with Gasteiger partial charge in [0.15, 0.2) is 11.5 Å². The number of rotatable bonds is 3. The van der Waals surface area contributed by atoms with Gasteiger partial charge in [0.25, 0.3) is 0 Å². The molecule has 0 radical (unpaired) electrons. The van der Waals surface area contributed by atoms with E-state index in [0.717, 1.165) is 5.65 Å². The largest absolute Gasteiger partial charge is 0.358 e. The highest BCUT2D eigenvalue weighted by Gasteiger charge is 2.13. The number of hydrogen-bond acceptors (Lipinski definition) is 4. The molecule has 2 heterocycles. The van der Waals surface area contributed by atoms with Crippen LogP contribution >= 0.6 is 15.9 Å². The Kier molecular flexibility index (Phi) is 3.28. The topological polar surface area (TPSA) is 62.5 Å². The van der Waals surface area contributed by atoms with Crippen LogP contribution < -0.4 is 10.2 Å². The number of anilines is 1. The summed E-state index contributed by atoms with van der Waals surface area (Å²) in [6.07, 6.45) is 5.35. The monoisotopic (exact) mass is 297 g/mol. The standard InChI is InChI=1S/C10H12BrN5O/c1-12-8(17)6-15(2)10-9-13-3-4-16(9)5-7(11)14-10/h3-5H,6H2,1-2H3,(H,12,17). The average Bonchev–Trinajstić information content (AvgIpc) is 2.75. The maximum Gasteiger partial charge on any atom is 0.239 e. The molecule has 2 aromatic rings. The molecule has 7 heteroatoms. The first kappa shape index (κ1) is 11.8. The molecule has 2 aromatic heterocycles. The smallest absolute Gasteiger partial charge is 0.239 e. The van der Waals surface area contributed by atoms with Crippen molar-refractivity contribution < 1.29 is 4.79 Å².